The fourth-order valence-corrected chi connectivity index (χ4v) is 5.04. The minimum atomic E-state index is -0.718. The van der Waals surface area contributed by atoms with Crippen molar-refractivity contribution in [1.82, 2.24) is 0 Å². The summed E-state index contributed by atoms with van der Waals surface area (Å²) in [4.78, 5) is 0. The van der Waals surface area contributed by atoms with Crippen molar-refractivity contribution < 1.29 is 28.4 Å². The molecule has 4 aromatic rings. The van der Waals surface area contributed by atoms with Gasteiger partial charge >= 0.3 is 0 Å². The van der Waals surface area contributed by atoms with E-state index in [0.29, 0.717) is 39.6 Å². The van der Waals surface area contributed by atoms with E-state index in [1.807, 2.05) is 121 Å². The zero-order chi connectivity index (χ0) is 29.5. The molecule has 0 radical (unpaired) electrons. The van der Waals surface area contributed by atoms with Crippen molar-refractivity contribution in [1.29, 1.82) is 0 Å². The van der Waals surface area contributed by atoms with E-state index in [1.54, 1.807) is 6.08 Å². The van der Waals surface area contributed by atoms with Crippen LogP contribution in [-0.2, 0) is 54.8 Å². The van der Waals surface area contributed by atoms with Gasteiger partial charge in [0.05, 0.1) is 39.6 Å². The summed E-state index contributed by atoms with van der Waals surface area (Å²) in [5.74, 6) is 0. The lowest BCUT2D eigenvalue weighted by Crippen LogP contribution is -2.61. The van der Waals surface area contributed by atoms with Crippen LogP contribution in [-0.4, -0.2) is 43.9 Å². The largest absolute Gasteiger partial charge is 0.374 e. The first-order chi connectivity index (χ1) is 21.3. The molecule has 4 aromatic carbocycles. The topological polar surface area (TPSA) is 55.4 Å². The molecule has 0 bridgehead atoms. The van der Waals surface area contributed by atoms with Crippen LogP contribution in [0.3, 0.4) is 0 Å². The van der Waals surface area contributed by atoms with E-state index in [9.17, 15) is 0 Å². The molecule has 6 nitrogen and oxygen atoms in total. The molecule has 1 fully saturated rings. The Morgan fingerprint density at radius 2 is 0.930 bits per heavy atom. The summed E-state index contributed by atoms with van der Waals surface area (Å²) in [6, 6.07) is 40.3. The molecule has 0 aliphatic carbocycles. The van der Waals surface area contributed by atoms with Crippen molar-refractivity contribution in [2.75, 3.05) is 13.2 Å². The van der Waals surface area contributed by atoms with Crippen LogP contribution in [0.1, 0.15) is 22.3 Å². The van der Waals surface area contributed by atoms with Crippen LogP contribution in [0.4, 0.5) is 0 Å². The van der Waals surface area contributed by atoms with Crippen LogP contribution >= 0.6 is 0 Å². The van der Waals surface area contributed by atoms with Gasteiger partial charge in [-0.05, 0) is 22.3 Å². The van der Waals surface area contributed by atoms with Gasteiger partial charge in [-0.2, -0.15) is 0 Å². The van der Waals surface area contributed by atoms with E-state index >= 15 is 0 Å². The van der Waals surface area contributed by atoms with Gasteiger partial charge in [-0.3, -0.25) is 0 Å². The first-order valence-corrected chi connectivity index (χ1v) is 14.8. The third-order valence-corrected chi connectivity index (χ3v) is 7.22. The zero-order valence-corrected chi connectivity index (χ0v) is 24.4. The molecule has 1 aliphatic heterocycles. The molecular formula is C37H40O6. The zero-order valence-electron chi connectivity index (χ0n) is 24.4. The van der Waals surface area contributed by atoms with Crippen LogP contribution in [0, 0.1) is 0 Å². The van der Waals surface area contributed by atoms with Crippen LogP contribution in [0.5, 0.6) is 0 Å². The van der Waals surface area contributed by atoms with Gasteiger partial charge in [0, 0.05) is 0 Å². The van der Waals surface area contributed by atoms with Crippen molar-refractivity contribution in [3.05, 3.63) is 156 Å². The number of hydrogen-bond acceptors (Lipinski definition) is 6. The highest BCUT2D eigenvalue weighted by Crippen LogP contribution is 2.31. The molecule has 1 aliphatic rings. The van der Waals surface area contributed by atoms with Gasteiger partial charge in [0.2, 0.25) is 0 Å². The smallest absolute Gasteiger partial charge is 0.187 e. The number of ether oxygens (including phenoxy) is 6. The van der Waals surface area contributed by atoms with Crippen molar-refractivity contribution in [3.63, 3.8) is 0 Å². The third kappa shape index (κ3) is 9.43. The Hall–Kier alpha value is -3.62. The molecule has 1 unspecified atom stereocenters. The average molecular weight is 581 g/mol. The SMILES string of the molecule is C=CCOC1O[C@H](COCc2ccccc2)[C@@H](OCc2ccccc2)[C@H](OCc2ccccc2)[C@H]1OCc1ccccc1. The quantitative estimate of drug-likeness (QED) is 0.135. The van der Waals surface area contributed by atoms with E-state index in [2.05, 4.69) is 6.58 Å². The van der Waals surface area contributed by atoms with Gasteiger partial charge in [-0.25, -0.2) is 0 Å². The second-order valence-corrected chi connectivity index (χ2v) is 10.4. The monoisotopic (exact) mass is 580 g/mol. The molecule has 0 N–H and O–H groups in total. The van der Waals surface area contributed by atoms with E-state index in [-0.39, 0.29) is 0 Å². The molecule has 0 spiro atoms. The Morgan fingerprint density at radius 1 is 0.512 bits per heavy atom. The highest BCUT2D eigenvalue weighted by atomic mass is 16.7. The summed E-state index contributed by atoms with van der Waals surface area (Å²) in [6.45, 7) is 6.02. The van der Waals surface area contributed by atoms with E-state index < -0.39 is 30.7 Å². The van der Waals surface area contributed by atoms with Crippen molar-refractivity contribution >= 4 is 0 Å². The standard InChI is InChI=1S/C37H40O6/c1-2-23-39-37-36(42-27-32-21-13-6-14-22-32)35(41-26-31-19-11-5-12-20-31)34(40-25-30-17-9-4-10-18-30)33(43-37)28-38-24-29-15-7-3-8-16-29/h2-22,33-37H,1,23-28H2/t33-,34-,35+,36-,37?/m1/s1. The maximum Gasteiger partial charge on any atom is 0.187 e. The van der Waals surface area contributed by atoms with E-state index in [0.717, 1.165) is 22.3 Å². The Morgan fingerprint density at radius 3 is 1.40 bits per heavy atom. The van der Waals surface area contributed by atoms with Crippen LogP contribution in [0.15, 0.2) is 134 Å². The molecule has 224 valence electrons. The van der Waals surface area contributed by atoms with Gasteiger partial charge in [0.1, 0.15) is 24.4 Å². The molecule has 1 saturated heterocycles. The van der Waals surface area contributed by atoms with Gasteiger partial charge < -0.3 is 28.4 Å². The van der Waals surface area contributed by atoms with Gasteiger partial charge in [0.15, 0.2) is 6.29 Å². The predicted molar refractivity (Wildman–Crippen MR) is 166 cm³/mol. The highest BCUT2D eigenvalue weighted by Gasteiger charge is 2.49. The lowest BCUT2D eigenvalue weighted by atomic mass is 9.97. The molecule has 5 atom stereocenters. The molecule has 6 heteroatoms. The van der Waals surface area contributed by atoms with E-state index in [1.165, 1.54) is 0 Å². The highest BCUT2D eigenvalue weighted by molar-refractivity contribution is 5.16. The summed E-state index contributed by atoms with van der Waals surface area (Å²) in [5.41, 5.74) is 4.24. The van der Waals surface area contributed by atoms with Crippen LogP contribution in [0.2, 0.25) is 0 Å². The summed E-state index contributed by atoms with van der Waals surface area (Å²) < 4.78 is 38.8. The maximum absolute atomic E-state index is 6.68. The summed E-state index contributed by atoms with van der Waals surface area (Å²) in [5, 5.41) is 0. The molecule has 0 amide bonds. The third-order valence-electron chi connectivity index (χ3n) is 7.22. The van der Waals surface area contributed by atoms with Crippen molar-refractivity contribution in [3.8, 4) is 0 Å². The molecule has 5 rings (SSSR count). The Kier molecular flexibility index (Phi) is 12.1. The molecule has 0 saturated carbocycles. The predicted octanol–water partition coefficient (Wildman–Crippen LogP) is 6.89. The van der Waals surface area contributed by atoms with Gasteiger partial charge in [-0.15, -0.1) is 6.58 Å². The first-order valence-electron chi connectivity index (χ1n) is 14.8. The molecular weight excluding hydrogens is 540 g/mol. The molecule has 1 heterocycles. The minimum Gasteiger partial charge on any atom is -0.374 e. The summed E-state index contributed by atoms with van der Waals surface area (Å²) >= 11 is 0. The normalized spacial score (nSPS) is 21.8. The van der Waals surface area contributed by atoms with Gasteiger partial charge in [0.25, 0.3) is 0 Å². The molecule has 0 aromatic heterocycles. The summed E-state index contributed by atoms with van der Waals surface area (Å²) in [7, 11) is 0. The van der Waals surface area contributed by atoms with Crippen LogP contribution in [0.25, 0.3) is 0 Å². The fourth-order valence-electron chi connectivity index (χ4n) is 5.04. The van der Waals surface area contributed by atoms with Crippen molar-refractivity contribution in [2.24, 2.45) is 0 Å². The fraction of sp³-hybridized carbons (Fsp3) is 0.297. The second-order valence-electron chi connectivity index (χ2n) is 10.4. The Labute approximate surface area is 254 Å². The molecule has 43 heavy (non-hydrogen) atoms. The number of hydrogen-bond donors (Lipinski definition) is 0. The second kappa shape index (κ2) is 16.9. The van der Waals surface area contributed by atoms with E-state index in [4.69, 9.17) is 28.4 Å². The first kappa shape index (κ1) is 30.8. The van der Waals surface area contributed by atoms with Crippen LogP contribution < -0.4 is 0 Å². The average Bonchev–Trinajstić information content (AvgIpc) is 3.07. The van der Waals surface area contributed by atoms with Gasteiger partial charge in [-0.1, -0.05) is 127 Å². The number of rotatable bonds is 16. The number of benzene rings is 4. The van der Waals surface area contributed by atoms with Crippen molar-refractivity contribution in [2.45, 2.75) is 57.1 Å². The lowest BCUT2D eigenvalue weighted by Gasteiger charge is -2.45. The maximum atomic E-state index is 6.68. The Bertz CT molecular complexity index is 1320. The minimum absolute atomic E-state index is 0.291. The Balaban J connectivity index is 1.41. The summed E-state index contributed by atoms with van der Waals surface area (Å²) in [6.07, 6.45) is -1.07. The lowest BCUT2D eigenvalue weighted by molar-refractivity contribution is -0.326.